The van der Waals surface area contributed by atoms with Crippen LogP contribution in [-0.4, -0.2) is 32.8 Å². The zero-order chi connectivity index (χ0) is 17.1. The SMILES string of the molecule is O=C(NC1CCCCCC1)c1cc2n(n1)CC(Oc1ccncc1)C2. The van der Waals surface area contributed by atoms with Crippen LogP contribution in [0.5, 0.6) is 5.75 Å². The van der Waals surface area contributed by atoms with Gasteiger partial charge in [-0.15, -0.1) is 0 Å². The molecule has 1 atom stereocenters. The van der Waals surface area contributed by atoms with Crippen LogP contribution >= 0.6 is 0 Å². The Bertz CT molecular complexity index is 697. The maximum Gasteiger partial charge on any atom is 0.272 e. The third-order valence-corrected chi connectivity index (χ3v) is 5.05. The molecule has 1 N–H and O–H groups in total. The number of amides is 1. The van der Waals surface area contributed by atoms with Crippen LogP contribution in [0.15, 0.2) is 30.6 Å². The van der Waals surface area contributed by atoms with Crippen molar-refractivity contribution in [2.24, 2.45) is 0 Å². The number of rotatable bonds is 4. The van der Waals surface area contributed by atoms with Crippen LogP contribution in [-0.2, 0) is 13.0 Å². The van der Waals surface area contributed by atoms with E-state index in [4.69, 9.17) is 4.74 Å². The summed E-state index contributed by atoms with van der Waals surface area (Å²) in [6.45, 7) is 0.675. The summed E-state index contributed by atoms with van der Waals surface area (Å²) in [5.41, 5.74) is 1.59. The second kappa shape index (κ2) is 7.25. The zero-order valence-electron chi connectivity index (χ0n) is 14.4. The van der Waals surface area contributed by atoms with Gasteiger partial charge in [0.05, 0.1) is 6.54 Å². The summed E-state index contributed by atoms with van der Waals surface area (Å²) in [6.07, 6.45) is 11.4. The number of ether oxygens (including phenoxy) is 1. The van der Waals surface area contributed by atoms with Gasteiger partial charge in [-0.2, -0.15) is 5.10 Å². The quantitative estimate of drug-likeness (QED) is 0.869. The highest BCUT2D eigenvalue weighted by Gasteiger charge is 2.27. The number of hydrogen-bond acceptors (Lipinski definition) is 4. The average molecular weight is 340 g/mol. The summed E-state index contributed by atoms with van der Waals surface area (Å²) in [5, 5.41) is 7.65. The molecule has 1 aliphatic carbocycles. The lowest BCUT2D eigenvalue weighted by Crippen LogP contribution is -2.34. The second-order valence-electron chi connectivity index (χ2n) is 6.99. The van der Waals surface area contributed by atoms with Crippen molar-refractivity contribution in [3.05, 3.63) is 42.0 Å². The van der Waals surface area contributed by atoms with Crippen molar-refractivity contribution in [2.45, 2.75) is 63.6 Å². The highest BCUT2D eigenvalue weighted by Crippen LogP contribution is 2.22. The fourth-order valence-corrected chi connectivity index (χ4v) is 3.75. The van der Waals surface area contributed by atoms with Crippen LogP contribution in [0, 0.1) is 0 Å². The molecule has 2 aliphatic rings. The Morgan fingerprint density at radius 1 is 1.16 bits per heavy atom. The Balaban J connectivity index is 1.35. The smallest absolute Gasteiger partial charge is 0.272 e. The van der Waals surface area contributed by atoms with Crippen molar-refractivity contribution in [3.8, 4) is 5.75 Å². The largest absolute Gasteiger partial charge is 0.488 e. The predicted octanol–water partition coefficient (Wildman–Crippen LogP) is 2.73. The summed E-state index contributed by atoms with van der Waals surface area (Å²) in [5.74, 6) is 0.775. The molecule has 3 heterocycles. The van der Waals surface area contributed by atoms with Gasteiger partial charge in [0.1, 0.15) is 17.5 Å². The molecule has 1 fully saturated rings. The third-order valence-electron chi connectivity index (χ3n) is 5.05. The first-order valence-electron chi connectivity index (χ1n) is 9.22. The molecule has 0 aromatic carbocycles. The van der Waals surface area contributed by atoms with Crippen molar-refractivity contribution in [3.63, 3.8) is 0 Å². The summed E-state index contributed by atoms with van der Waals surface area (Å²) in [6, 6.07) is 5.91. The van der Waals surface area contributed by atoms with Gasteiger partial charge in [-0.05, 0) is 31.0 Å². The average Bonchev–Trinajstić information content (AvgIpc) is 3.06. The van der Waals surface area contributed by atoms with Gasteiger partial charge in [0.25, 0.3) is 5.91 Å². The van der Waals surface area contributed by atoms with Crippen LogP contribution < -0.4 is 10.1 Å². The Morgan fingerprint density at radius 2 is 1.92 bits per heavy atom. The lowest BCUT2D eigenvalue weighted by molar-refractivity contribution is 0.0926. The summed E-state index contributed by atoms with van der Waals surface area (Å²) in [4.78, 5) is 16.5. The fourth-order valence-electron chi connectivity index (χ4n) is 3.75. The van der Waals surface area contributed by atoms with Crippen molar-refractivity contribution in [1.29, 1.82) is 0 Å². The molecule has 132 valence electrons. The lowest BCUT2D eigenvalue weighted by atomic mass is 10.1. The number of carbonyl (C=O) groups is 1. The van der Waals surface area contributed by atoms with E-state index in [-0.39, 0.29) is 12.0 Å². The monoisotopic (exact) mass is 340 g/mol. The summed E-state index contributed by atoms with van der Waals surface area (Å²) in [7, 11) is 0. The van der Waals surface area contributed by atoms with Gasteiger partial charge in [0.15, 0.2) is 0 Å². The molecule has 1 aliphatic heterocycles. The molecule has 0 saturated heterocycles. The molecule has 1 saturated carbocycles. The van der Waals surface area contributed by atoms with E-state index >= 15 is 0 Å². The first-order valence-corrected chi connectivity index (χ1v) is 9.22. The van der Waals surface area contributed by atoms with Crippen LogP contribution in [0.2, 0.25) is 0 Å². The number of nitrogens with one attached hydrogen (secondary N) is 1. The minimum absolute atomic E-state index is 0.0413. The van der Waals surface area contributed by atoms with E-state index in [1.165, 1.54) is 25.7 Å². The van der Waals surface area contributed by atoms with Gasteiger partial charge in [-0.25, -0.2) is 0 Å². The van der Waals surface area contributed by atoms with Crippen molar-refractivity contribution in [2.75, 3.05) is 0 Å². The molecule has 6 heteroatoms. The van der Waals surface area contributed by atoms with Gasteiger partial charge < -0.3 is 10.1 Å². The van der Waals surface area contributed by atoms with Crippen LogP contribution in [0.3, 0.4) is 0 Å². The summed E-state index contributed by atoms with van der Waals surface area (Å²) < 4.78 is 7.85. The molecular weight excluding hydrogens is 316 g/mol. The van der Waals surface area contributed by atoms with Gasteiger partial charge in [-0.1, -0.05) is 25.7 Å². The predicted molar refractivity (Wildman–Crippen MR) is 93.5 cm³/mol. The fraction of sp³-hybridized carbons (Fsp3) is 0.526. The van der Waals surface area contributed by atoms with Gasteiger partial charge in [0.2, 0.25) is 0 Å². The van der Waals surface area contributed by atoms with E-state index in [2.05, 4.69) is 15.4 Å². The molecule has 0 bridgehead atoms. The van der Waals surface area contributed by atoms with Gasteiger partial charge in [-0.3, -0.25) is 14.5 Å². The van der Waals surface area contributed by atoms with E-state index < -0.39 is 0 Å². The molecule has 0 radical (unpaired) electrons. The maximum absolute atomic E-state index is 12.5. The van der Waals surface area contributed by atoms with E-state index in [9.17, 15) is 4.79 Å². The van der Waals surface area contributed by atoms with Crippen molar-refractivity contribution >= 4 is 5.91 Å². The third kappa shape index (κ3) is 3.83. The summed E-state index contributed by atoms with van der Waals surface area (Å²) >= 11 is 0. The number of hydrogen-bond donors (Lipinski definition) is 1. The molecule has 0 spiro atoms. The van der Waals surface area contributed by atoms with E-state index in [0.29, 0.717) is 18.3 Å². The van der Waals surface area contributed by atoms with E-state index in [0.717, 1.165) is 30.7 Å². The molecule has 6 nitrogen and oxygen atoms in total. The minimum atomic E-state index is -0.0413. The Morgan fingerprint density at radius 3 is 2.64 bits per heavy atom. The Hall–Kier alpha value is -2.37. The van der Waals surface area contributed by atoms with Crippen molar-refractivity contribution < 1.29 is 9.53 Å². The molecule has 2 aromatic heterocycles. The number of carbonyl (C=O) groups excluding carboxylic acids is 1. The Labute approximate surface area is 147 Å². The van der Waals surface area contributed by atoms with Crippen LogP contribution in [0.25, 0.3) is 0 Å². The molecule has 25 heavy (non-hydrogen) atoms. The van der Waals surface area contributed by atoms with Crippen LogP contribution in [0.4, 0.5) is 0 Å². The zero-order valence-corrected chi connectivity index (χ0v) is 14.4. The number of pyridine rings is 1. The van der Waals surface area contributed by atoms with E-state index in [1.807, 2.05) is 22.9 Å². The lowest BCUT2D eigenvalue weighted by Gasteiger charge is -2.15. The molecular formula is C19H24N4O2. The number of fused-ring (bicyclic) bond motifs is 1. The molecule has 2 aromatic rings. The van der Waals surface area contributed by atoms with Crippen LogP contribution in [0.1, 0.15) is 54.7 Å². The maximum atomic E-state index is 12.5. The highest BCUT2D eigenvalue weighted by molar-refractivity contribution is 5.92. The van der Waals surface area contributed by atoms with Gasteiger partial charge >= 0.3 is 0 Å². The minimum Gasteiger partial charge on any atom is -0.488 e. The first kappa shape index (κ1) is 16.1. The van der Waals surface area contributed by atoms with Crippen molar-refractivity contribution in [1.82, 2.24) is 20.1 Å². The van der Waals surface area contributed by atoms with E-state index in [1.54, 1.807) is 12.4 Å². The molecule has 4 rings (SSSR count). The Kier molecular flexibility index (Phi) is 4.68. The van der Waals surface area contributed by atoms with Gasteiger partial charge in [0, 0.05) is 30.6 Å². The topological polar surface area (TPSA) is 69.0 Å². The number of nitrogens with zero attached hydrogens (tertiary/aromatic N) is 3. The molecule has 1 unspecified atom stereocenters. The highest BCUT2D eigenvalue weighted by atomic mass is 16.5. The normalized spacial score (nSPS) is 20.7. The first-order chi connectivity index (χ1) is 12.3. The standard InChI is InChI=1S/C19H24N4O2/c24-19(21-14-5-3-1-2-4-6-14)18-12-15-11-17(13-23(15)22-18)25-16-7-9-20-10-8-16/h7-10,12,14,17H,1-6,11,13H2,(H,21,24). The number of aromatic nitrogens is 3. The second-order valence-corrected chi connectivity index (χ2v) is 6.99. The molecule has 1 amide bonds.